The van der Waals surface area contributed by atoms with Crippen LogP contribution in [0.15, 0.2) is 12.7 Å². The van der Waals surface area contributed by atoms with Crippen molar-refractivity contribution in [3.05, 3.63) is 12.7 Å². The highest BCUT2D eigenvalue weighted by molar-refractivity contribution is 5.79. The second kappa shape index (κ2) is 5.42. The van der Waals surface area contributed by atoms with Crippen LogP contribution in [0.2, 0.25) is 0 Å². The number of ether oxygens (including phenoxy) is 1. The van der Waals surface area contributed by atoms with E-state index < -0.39 is 23.7 Å². The van der Waals surface area contributed by atoms with Gasteiger partial charge in [0.25, 0.3) is 0 Å². The van der Waals surface area contributed by atoms with Crippen LogP contribution in [-0.2, 0) is 9.53 Å². The molecule has 0 aromatic heterocycles. The predicted molar refractivity (Wildman–Crippen MR) is 64.7 cm³/mol. The van der Waals surface area contributed by atoms with Crippen LogP contribution in [0, 0.1) is 5.92 Å². The van der Waals surface area contributed by atoms with Gasteiger partial charge in [-0.1, -0.05) is 6.08 Å². The molecule has 0 saturated carbocycles. The van der Waals surface area contributed by atoms with Crippen LogP contribution in [0.25, 0.3) is 0 Å². The molecule has 0 bridgehead atoms. The van der Waals surface area contributed by atoms with Gasteiger partial charge in [-0.3, -0.25) is 4.90 Å². The maximum atomic E-state index is 11.9. The lowest BCUT2D eigenvalue weighted by Gasteiger charge is -2.28. The lowest BCUT2D eigenvalue weighted by atomic mass is 10.0. The smallest absolute Gasteiger partial charge is 0.410 e. The number of hydrogen-bond acceptors (Lipinski definition) is 4. The Morgan fingerprint density at radius 3 is 2.56 bits per heavy atom. The molecule has 2 atom stereocenters. The molecule has 0 radical (unpaired) electrons. The third-order valence-electron chi connectivity index (χ3n) is 2.79. The first kappa shape index (κ1) is 14.5. The summed E-state index contributed by atoms with van der Waals surface area (Å²) < 4.78 is 5.20. The summed E-state index contributed by atoms with van der Waals surface area (Å²) >= 11 is 0. The summed E-state index contributed by atoms with van der Waals surface area (Å²) in [7, 11) is 0. The predicted octanol–water partition coefficient (Wildman–Crippen LogP) is 0.938. The Labute approximate surface area is 107 Å². The molecule has 1 heterocycles. The summed E-state index contributed by atoms with van der Waals surface area (Å²) in [5.74, 6) is -1.12. The average Bonchev–Trinajstić information content (AvgIpc) is 2.59. The van der Waals surface area contributed by atoms with E-state index in [-0.39, 0.29) is 5.92 Å². The zero-order valence-corrected chi connectivity index (χ0v) is 11.1. The number of carboxylic acid groups (broad SMARTS) is 1. The number of allylic oxidation sites excluding steroid dienone is 1. The van der Waals surface area contributed by atoms with Crippen LogP contribution in [-0.4, -0.2) is 35.2 Å². The molecule has 1 aliphatic heterocycles. The first-order valence-electron chi connectivity index (χ1n) is 6.06. The van der Waals surface area contributed by atoms with Crippen molar-refractivity contribution in [2.45, 2.75) is 45.3 Å². The van der Waals surface area contributed by atoms with E-state index >= 15 is 0 Å². The molecule has 0 aromatic carbocycles. The first-order valence-corrected chi connectivity index (χ1v) is 6.06. The van der Waals surface area contributed by atoms with Crippen molar-refractivity contribution in [3.63, 3.8) is 0 Å². The van der Waals surface area contributed by atoms with Gasteiger partial charge in [0.2, 0.25) is 0 Å². The molecule has 5 heteroatoms. The molecule has 1 aliphatic rings. The molecule has 0 aliphatic carbocycles. The van der Waals surface area contributed by atoms with Crippen LogP contribution in [0.5, 0.6) is 0 Å². The molecule has 0 unspecified atom stereocenters. The minimum absolute atomic E-state index is 0.109. The Balaban J connectivity index is 2.75. The van der Waals surface area contributed by atoms with Crippen molar-refractivity contribution >= 4 is 12.1 Å². The molecule has 1 fully saturated rings. The van der Waals surface area contributed by atoms with E-state index in [9.17, 15) is 14.7 Å². The summed E-state index contributed by atoms with van der Waals surface area (Å²) in [4.78, 5) is 24.2. The van der Waals surface area contributed by atoms with E-state index in [0.29, 0.717) is 19.4 Å². The van der Waals surface area contributed by atoms with E-state index in [2.05, 4.69) is 6.58 Å². The number of nitrogens with zero attached hydrogens (tertiary/aromatic N) is 1. The molecular weight excluding hydrogens is 234 g/mol. The lowest BCUT2D eigenvalue weighted by molar-refractivity contribution is -0.310. The topological polar surface area (TPSA) is 69.7 Å². The van der Waals surface area contributed by atoms with Gasteiger partial charge in [0.05, 0.1) is 12.0 Å². The number of amides is 1. The maximum absolute atomic E-state index is 11.9. The first-order chi connectivity index (χ1) is 8.24. The monoisotopic (exact) mass is 254 g/mol. The van der Waals surface area contributed by atoms with Crippen LogP contribution >= 0.6 is 0 Å². The summed E-state index contributed by atoms with van der Waals surface area (Å²) in [5, 5.41) is 11.0. The Hall–Kier alpha value is -1.52. The summed E-state index contributed by atoms with van der Waals surface area (Å²) in [5.41, 5.74) is -0.635. The second-order valence-corrected chi connectivity index (χ2v) is 5.59. The van der Waals surface area contributed by atoms with Gasteiger partial charge in [-0.15, -0.1) is 6.58 Å². The number of hydrogen-bond donors (Lipinski definition) is 0. The zero-order chi connectivity index (χ0) is 13.9. The summed E-state index contributed by atoms with van der Waals surface area (Å²) in [6.07, 6.45) is 2.22. The Morgan fingerprint density at radius 1 is 1.50 bits per heavy atom. The van der Waals surface area contributed by atoms with Crippen molar-refractivity contribution < 1.29 is 19.4 Å². The number of carboxylic acids is 1. The average molecular weight is 254 g/mol. The number of rotatable bonds is 3. The van der Waals surface area contributed by atoms with Gasteiger partial charge in [0.1, 0.15) is 5.60 Å². The number of likely N-dealkylation sites (tertiary alicyclic amines) is 1. The van der Waals surface area contributed by atoms with E-state index in [0.717, 1.165) is 0 Å². The van der Waals surface area contributed by atoms with Crippen LogP contribution in [0.4, 0.5) is 4.79 Å². The number of aliphatic carboxylic acids is 1. The zero-order valence-electron chi connectivity index (χ0n) is 11.1. The quantitative estimate of drug-likeness (QED) is 0.703. The van der Waals surface area contributed by atoms with Crippen molar-refractivity contribution in [3.8, 4) is 0 Å². The highest BCUT2D eigenvalue weighted by atomic mass is 16.6. The molecule has 1 rings (SSSR count). The van der Waals surface area contributed by atoms with Crippen LogP contribution < -0.4 is 5.11 Å². The molecule has 102 valence electrons. The Kier molecular flexibility index (Phi) is 4.38. The van der Waals surface area contributed by atoms with Gasteiger partial charge in [0, 0.05) is 6.54 Å². The highest BCUT2D eigenvalue weighted by Crippen LogP contribution is 2.27. The molecule has 0 N–H and O–H groups in total. The summed E-state index contributed by atoms with van der Waals surface area (Å²) in [6, 6.07) is -0.898. The van der Waals surface area contributed by atoms with Gasteiger partial charge in [-0.25, -0.2) is 4.79 Å². The fraction of sp³-hybridized carbons (Fsp3) is 0.692. The number of carbonyl (C=O) groups excluding carboxylic acids is 2. The van der Waals surface area contributed by atoms with Crippen molar-refractivity contribution in [1.82, 2.24) is 4.90 Å². The van der Waals surface area contributed by atoms with E-state index in [1.54, 1.807) is 26.8 Å². The molecule has 18 heavy (non-hydrogen) atoms. The van der Waals surface area contributed by atoms with Gasteiger partial charge in [0.15, 0.2) is 0 Å². The van der Waals surface area contributed by atoms with Gasteiger partial charge < -0.3 is 14.6 Å². The molecular formula is C13H20NO4-. The van der Waals surface area contributed by atoms with Crippen LogP contribution in [0.3, 0.4) is 0 Å². The van der Waals surface area contributed by atoms with E-state index in [1.165, 1.54) is 4.90 Å². The largest absolute Gasteiger partial charge is 0.548 e. The van der Waals surface area contributed by atoms with Gasteiger partial charge in [-0.05, 0) is 39.5 Å². The van der Waals surface area contributed by atoms with E-state index in [4.69, 9.17) is 4.74 Å². The standard InChI is InChI=1S/C13H21NO4/c1-5-6-9-7-10(11(15)16)14(8-9)12(17)18-13(2,3)4/h5,9-10H,1,6-8H2,2-4H3,(H,15,16)/p-1/t9-,10+/m1/s1. The fourth-order valence-corrected chi connectivity index (χ4v) is 2.08. The molecule has 1 saturated heterocycles. The van der Waals surface area contributed by atoms with Gasteiger partial charge in [-0.2, -0.15) is 0 Å². The van der Waals surface area contributed by atoms with Crippen molar-refractivity contribution in [1.29, 1.82) is 0 Å². The minimum atomic E-state index is -1.23. The molecule has 0 aromatic rings. The van der Waals surface area contributed by atoms with Gasteiger partial charge >= 0.3 is 6.09 Å². The highest BCUT2D eigenvalue weighted by Gasteiger charge is 2.37. The lowest BCUT2D eigenvalue weighted by Crippen LogP contribution is -2.48. The van der Waals surface area contributed by atoms with Crippen molar-refractivity contribution in [2.24, 2.45) is 5.92 Å². The Morgan fingerprint density at radius 2 is 2.11 bits per heavy atom. The normalized spacial score (nSPS) is 23.8. The summed E-state index contributed by atoms with van der Waals surface area (Å²) in [6.45, 7) is 9.24. The van der Waals surface area contributed by atoms with E-state index in [1.807, 2.05) is 0 Å². The Bertz CT molecular complexity index is 345. The number of carbonyl (C=O) groups is 2. The second-order valence-electron chi connectivity index (χ2n) is 5.59. The fourth-order valence-electron chi connectivity index (χ4n) is 2.08. The SMILES string of the molecule is C=CC[C@@H]1C[C@@H](C(=O)[O-])N(C(=O)OC(C)(C)C)C1. The molecule has 1 amide bonds. The third kappa shape index (κ3) is 3.75. The molecule has 0 spiro atoms. The van der Waals surface area contributed by atoms with Crippen LogP contribution in [0.1, 0.15) is 33.6 Å². The molecule has 5 nitrogen and oxygen atoms in total. The minimum Gasteiger partial charge on any atom is -0.548 e. The third-order valence-corrected chi connectivity index (χ3v) is 2.79. The van der Waals surface area contributed by atoms with Crippen molar-refractivity contribution in [2.75, 3.05) is 6.54 Å². The maximum Gasteiger partial charge on any atom is 0.410 e.